The molecule has 1 aromatic carbocycles. The number of hydrogen-bond donors (Lipinski definition) is 0. The molecule has 26 heavy (non-hydrogen) atoms. The summed E-state index contributed by atoms with van der Waals surface area (Å²) in [4.78, 5) is 8.96. The molecule has 140 valence electrons. The van der Waals surface area contributed by atoms with Crippen LogP contribution in [0.5, 0.6) is 5.75 Å². The van der Waals surface area contributed by atoms with E-state index in [-0.39, 0.29) is 0 Å². The van der Waals surface area contributed by atoms with Crippen LogP contribution in [0.1, 0.15) is 64.4 Å². The minimum absolute atomic E-state index is 0.780. The maximum absolute atomic E-state index is 5.92. The summed E-state index contributed by atoms with van der Waals surface area (Å²) in [5, 5.41) is 0. The third-order valence-corrected chi connectivity index (χ3v) is 5.52. The molecule has 0 atom stereocenters. The summed E-state index contributed by atoms with van der Waals surface area (Å²) in [5.74, 6) is 3.58. The maximum atomic E-state index is 5.92. The minimum atomic E-state index is 0.780. The van der Waals surface area contributed by atoms with Gasteiger partial charge in [0.2, 0.25) is 0 Å². The van der Waals surface area contributed by atoms with Crippen molar-refractivity contribution in [2.75, 3.05) is 6.61 Å². The summed E-state index contributed by atoms with van der Waals surface area (Å²) in [7, 11) is 0. The van der Waals surface area contributed by atoms with Crippen molar-refractivity contribution in [3.63, 3.8) is 0 Å². The second kappa shape index (κ2) is 9.70. The Hall–Kier alpha value is -1.90. The molecule has 1 aliphatic rings. The van der Waals surface area contributed by atoms with Gasteiger partial charge in [0.05, 0.1) is 6.61 Å². The van der Waals surface area contributed by atoms with E-state index in [1.807, 2.05) is 36.7 Å². The van der Waals surface area contributed by atoms with E-state index in [0.29, 0.717) is 0 Å². The zero-order chi connectivity index (χ0) is 18.2. The molecule has 0 N–H and O–H groups in total. The highest BCUT2D eigenvalue weighted by atomic mass is 16.5. The van der Waals surface area contributed by atoms with E-state index in [4.69, 9.17) is 4.74 Å². The van der Waals surface area contributed by atoms with Crippen molar-refractivity contribution in [3.8, 4) is 17.1 Å². The number of benzene rings is 1. The van der Waals surface area contributed by atoms with Crippen LogP contribution in [0.15, 0.2) is 36.7 Å². The molecule has 1 aliphatic carbocycles. The van der Waals surface area contributed by atoms with E-state index in [1.165, 1.54) is 37.7 Å². The molecule has 1 fully saturated rings. The SMILES string of the molecule is CCCc1cnc(-c2ccc(OCCCC3CCC(C)CC3)cc2)nc1. The Morgan fingerprint density at radius 3 is 2.35 bits per heavy atom. The summed E-state index contributed by atoms with van der Waals surface area (Å²) in [5.41, 5.74) is 2.24. The van der Waals surface area contributed by atoms with Gasteiger partial charge in [0, 0.05) is 18.0 Å². The molecule has 3 rings (SSSR count). The fourth-order valence-electron chi connectivity index (χ4n) is 3.80. The third kappa shape index (κ3) is 5.55. The molecule has 1 heterocycles. The Kier molecular flexibility index (Phi) is 7.04. The van der Waals surface area contributed by atoms with Crippen LogP contribution >= 0.6 is 0 Å². The second-order valence-electron chi connectivity index (χ2n) is 7.81. The topological polar surface area (TPSA) is 35.0 Å². The van der Waals surface area contributed by atoms with Gasteiger partial charge in [-0.1, -0.05) is 46.0 Å². The Balaban J connectivity index is 1.42. The zero-order valence-electron chi connectivity index (χ0n) is 16.3. The Bertz CT molecular complexity index is 643. The van der Waals surface area contributed by atoms with E-state index in [2.05, 4.69) is 23.8 Å². The van der Waals surface area contributed by atoms with E-state index in [9.17, 15) is 0 Å². The quantitative estimate of drug-likeness (QED) is 0.540. The lowest BCUT2D eigenvalue weighted by molar-refractivity contribution is 0.245. The van der Waals surface area contributed by atoms with Gasteiger partial charge in [0.1, 0.15) is 5.75 Å². The normalized spacial score (nSPS) is 20.1. The maximum Gasteiger partial charge on any atom is 0.159 e. The monoisotopic (exact) mass is 352 g/mol. The Labute approximate surface area is 158 Å². The van der Waals surface area contributed by atoms with Gasteiger partial charge in [-0.25, -0.2) is 9.97 Å². The third-order valence-electron chi connectivity index (χ3n) is 5.52. The first kappa shape index (κ1) is 18.9. The molecule has 0 unspecified atom stereocenters. The van der Waals surface area contributed by atoms with Crippen molar-refractivity contribution < 1.29 is 4.74 Å². The fourth-order valence-corrected chi connectivity index (χ4v) is 3.80. The first-order valence-corrected chi connectivity index (χ1v) is 10.3. The molecule has 0 bridgehead atoms. The average Bonchev–Trinajstić information content (AvgIpc) is 2.68. The number of aryl methyl sites for hydroxylation is 1. The molecule has 3 nitrogen and oxygen atoms in total. The van der Waals surface area contributed by atoms with Gasteiger partial charge in [0.15, 0.2) is 5.82 Å². The van der Waals surface area contributed by atoms with Gasteiger partial charge < -0.3 is 4.74 Å². The van der Waals surface area contributed by atoms with Crippen LogP contribution in [-0.4, -0.2) is 16.6 Å². The predicted octanol–water partition coefficient (Wildman–Crippen LogP) is 6.08. The average molecular weight is 353 g/mol. The molecule has 3 heteroatoms. The van der Waals surface area contributed by atoms with Crippen LogP contribution in [0.2, 0.25) is 0 Å². The largest absolute Gasteiger partial charge is 0.494 e. The van der Waals surface area contributed by atoms with Crippen molar-refractivity contribution in [2.45, 2.75) is 65.2 Å². The van der Waals surface area contributed by atoms with Crippen molar-refractivity contribution in [3.05, 3.63) is 42.2 Å². The van der Waals surface area contributed by atoms with Crippen LogP contribution in [0.3, 0.4) is 0 Å². The van der Waals surface area contributed by atoms with E-state index in [1.54, 1.807) is 0 Å². The molecular formula is C23H32N2O. The lowest BCUT2D eigenvalue weighted by Crippen LogP contribution is -2.13. The lowest BCUT2D eigenvalue weighted by atomic mass is 9.81. The summed E-state index contributed by atoms with van der Waals surface area (Å²) in [6.45, 7) is 5.36. The molecule has 1 saturated carbocycles. The summed E-state index contributed by atoms with van der Waals surface area (Å²) in [6, 6.07) is 8.15. The fraction of sp³-hybridized carbons (Fsp3) is 0.565. The van der Waals surface area contributed by atoms with Gasteiger partial charge in [-0.15, -0.1) is 0 Å². The van der Waals surface area contributed by atoms with Crippen molar-refractivity contribution in [1.82, 2.24) is 9.97 Å². The van der Waals surface area contributed by atoms with E-state index >= 15 is 0 Å². The molecule has 0 spiro atoms. The number of nitrogens with zero attached hydrogens (tertiary/aromatic N) is 2. The molecule has 1 aromatic heterocycles. The Morgan fingerprint density at radius 1 is 1.00 bits per heavy atom. The van der Waals surface area contributed by atoms with Gasteiger partial charge >= 0.3 is 0 Å². The van der Waals surface area contributed by atoms with E-state index < -0.39 is 0 Å². The van der Waals surface area contributed by atoms with Crippen molar-refractivity contribution in [2.24, 2.45) is 11.8 Å². The van der Waals surface area contributed by atoms with Crippen molar-refractivity contribution in [1.29, 1.82) is 0 Å². The van der Waals surface area contributed by atoms with Crippen LogP contribution in [0.4, 0.5) is 0 Å². The second-order valence-corrected chi connectivity index (χ2v) is 7.81. The first-order chi connectivity index (χ1) is 12.7. The lowest BCUT2D eigenvalue weighted by Gasteiger charge is -2.25. The van der Waals surface area contributed by atoms with Crippen LogP contribution < -0.4 is 4.74 Å². The minimum Gasteiger partial charge on any atom is -0.494 e. The van der Waals surface area contributed by atoms with Gasteiger partial charge in [-0.2, -0.15) is 0 Å². The predicted molar refractivity (Wildman–Crippen MR) is 107 cm³/mol. The van der Waals surface area contributed by atoms with Gasteiger partial charge in [-0.05, 0) is 60.9 Å². The highest BCUT2D eigenvalue weighted by Crippen LogP contribution is 2.31. The molecule has 0 aliphatic heterocycles. The summed E-state index contributed by atoms with van der Waals surface area (Å²) in [6.07, 6.45) is 14.1. The number of rotatable bonds is 8. The Morgan fingerprint density at radius 2 is 1.69 bits per heavy atom. The van der Waals surface area contributed by atoms with Crippen LogP contribution in [0, 0.1) is 11.8 Å². The van der Waals surface area contributed by atoms with Gasteiger partial charge in [-0.3, -0.25) is 0 Å². The smallest absolute Gasteiger partial charge is 0.159 e. The summed E-state index contributed by atoms with van der Waals surface area (Å²) >= 11 is 0. The first-order valence-electron chi connectivity index (χ1n) is 10.3. The highest BCUT2D eigenvalue weighted by Gasteiger charge is 2.17. The van der Waals surface area contributed by atoms with Crippen LogP contribution in [-0.2, 0) is 6.42 Å². The number of ether oxygens (including phenoxy) is 1. The van der Waals surface area contributed by atoms with E-state index in [0.717, 1.165) is 54.8 Å². The molecule has 0 radical (unpaired) electrons. The standard InChI is InChI=1S/C23H32N2O/c1-3-5-20-16-24-23(25-17-20)21-11-13-22(14-12-21)26-15-4-6-19-9-7-18(2)8-10-19/h11-14,16-19H,3-10,15H2,1-2H3. The molecule has 0 saturated heterocycles. The number of hydrogen-bond acceptors (Lipinski definition) is 3. The molecule has 2 aromatic rings. The molecule has 0 amide bonds. The van der Waals surface area contributed by atoms with Gasteiger partial charge in [0.25, 0.3) is 0 Å². The summed E-state index contributed by atoms with van der Waals surface area (Å²) < 4.78 is 5.92. The highest BCUT2D eigenvalue weighted by molar-refractivity contribution is 5.55. The molecular weight excluding hydrogens is 320 g/mol. The van der Waals surface area contributed by atoms with Crippen molar-refractivity contribution >= 4 is 0 Å². The van der Waals surface area contributed by atoms with Crippen LogP contribution in [0.25, 0.3) is 11.4 Å². The zero-order valence-corrected chi connectivity index (χ0v) is 16.3. The number of aromatic nitrogens is 2.